The van der Waals surface area contributed by atoms with Gasteiger partial charge in [-0.2, -0.15) is 14.7 Å². The molecule has 5 aromatic rings. The molecule has 0 bridgehead atoms. The number of hydrogen-bond acceptors (Lipinski definition) is 5. The molecule has 5 rings (SSSR count). The van der Waals surface area contributed by atoms with E-state index in [1.807, 2.05) is 42.1 Å². The summed E-state index contributed by atoms with van der Waals surface area (Å²) in [7, 11) is 0. The molecule has 0 aliphatic carbocycles. The molecule has 0 fully saturated rings. The third kappa shape index (κ3) is 2.37. The second-order valence-electron chi connectivity index (χ2n) is 6.41. The van der Waals surface area contributed by atoms with Crippen molar-refractivity contribution in [3.63, 3.8) is 0 Å². The molecule has 0 amide bonds. The maximum Gasteiger partial charge on any atom is 0.274 e. The molecule has 4 aromatic heterocycles. The number of aromatic nitrogens is 6. The van der Waals surface area contributed by atoms with Crippen LogP contribution in [0, 0.1) is 6.92 Å². The SMILES string of the molecule is CCn1ncc2cc(-c3cc(=O)n4ncc(-c5cc(C)no5)c4[nH]3)ccc21. The van der Waals surface area contributed by atoms with Crippen LogP contribution in [0.25, 0.3) is 39.1 Å². The van der Waals surface area contributed by atoms with E-state index in [1.54, 1.807) is 12.3 Å². The first-order valence-corrected chi connectivity index (χ1v) is 8.65. The van der Waals surface area contributed by atoms with E-state index in [0.29, 0.717) is 22.7 Å². The molecule has 0 aliphatic rings. The summed E-state index contributed by atoms with van der Waals surface area (Å²) >= 11 is 0. The summed E-state index contributed by atoms with van der Waals surface area (Å²) in [4.78, 5) is 15.9. The first-order chi connectivity index (χ1) is 13.1. The van der Waals surface area contributed by atoms with Crippen molar-refractivity contribution in [1.82, 2.24) is 29.5 Å². The zero-order valence-electron chi connectivity index (χ0n) is 14.8. The van der Waals surface area contributed by atoms with Crippen LogP contribution in [0.4, 0.5) is 0 Å². The Balaban J connectivity index is 1.70. The number of H-pyrrole nitrogens is 1. The molecule has 1 aromatic carbocycles. The molecule has 0 saturated heterocycles. The van der Waals surface area contributed by atoms with E-state index in [1.165, 1.54) is 4.52 Å². The third-order valence-electron chi connectivity index (χ3n) is 4.64. The number of aromatic amines is 1. The maximum absolute atomic E-state index is 12.6. The molecule has 8 nitrogen and oxygen atoms in total. The van der Waals surface area contributed by atoms with Gasteiger partial charge in [-0.25, -0.2) is 0 Å². The quantitative estimate of drug-likeness (QED) is 0.534. The monoisotopic (exact) mass is 360 g/mol. The van der Waals surface area contributed by atoms with E-state index >= 15 is 0 Å². The molecule has 1 N–H and O–H groups in total. The van der Waals surface area contributed by atoms with Gasteiger partial charge < -0.3 is 9.51 Å². The molecule has 134 valence electrons. The average molecular weight is 360 g/mol. The van der Waals surface area contributed by atoms with E-state index in [4.69, 9.17) is 4.52 Å². The van der Waals surface area contributed by atoms with Gasteiger partial charge in [0.1, 0.15) is 5.65 Å². The average Bonchev–Trinajstić information content (AvgIpc) is 3.38. The normalized spacial score (nSPS) is 11.6. The summed E-state index contributed by atoms with van der Waals surface area (Å²) in [5.41, 5.74) is 4.47. The van der Waals surface area contributed by atoms with Crippen LogP contribution < -0.4 is 5.56 Å². The Labute approximate surface area is 153 Å². The van der Waals surface area contributed by atoms with Crippen molar-refractivity contribution in [2.75, 3.05) is 0 Å². The van der Waals surface area contributed by atoms with E-state index in [2.05, 4.69) is 27.3 Å². The van der Waals surface area contributed by atoms with Gasteiger partial charge in [0.2, 0.25) is 0 Å². The molecule has 0 saturated carbocycles. The lowest BCUT2D eigenvalue weighted by Gasteiger charge is -2.05. The maximum atomic E-state index is 12.6. The van der Waals surface area contributed by atoms with Gasteiger partial charge in [0.05, 0.1) is 34.9 Å². The second kappa shape index (κ2) is 5.66. The third-order valence-corrected chi connectivity index (χ3v) is 4.64. The number of aryl methyl sites for hydroxylation is 2. The van der Waals surface area contributed by atoms with Gasteiger partial charge in [0.15, 0.2) is 5.76 Å². The predicted molar refractivity (Wildman–Crippen MR) is 100 cm³/mol. The van der Waals surface area contributed by atoms with Crippen molar-refractivity contribution >= 4 is 16.6 Å². The Morgan fingerprint density at radius 2 is 2.04 bits per heavy atom. The molecule has 8 heteroatoms. The van der Waals surface area contributed by atoms with Gasteiger partial charge in [-0.05, 0) is 31.5 Å². The minimum Gasteiger partial charge on any atom is -0.356 e. The van der Waals surface area contributed by atoms with Crippen molar-refractivity contribution in [3.8, 4) is 22.6 Å². The van der Waals surface area contributed by atoms with E-state index in [-0.39, 0.29) is 5.56 Å². The number of benzene rings is 1. The number of fused-ring (bicyclic) bond motifs is 2. The smallest absolute Gasteiger partial charge is 0.274 e. The summed E-state index contributed by atoms with van der Waals surface area (Å²) in [6, 6.07) is 9.37. The Hall–Kier alpha value is -3.68. The molecule has 0 atom stereocenters. The highest BCUT2D eigenvalue weighted by Crippen LogP contribution is 2.26. The summed E-state index contributed by atoms with van der Waals surface area (Å²) in [5, 5.41) is 13.5. The summed E-state index contributed by atoms with van der Waals surface area (Å²) < 4.78 is 8.60. The Kier molecular flexibility index (Phi) is 3.27. The molecule has 27 heavy (non-hydrogen) atoms. The van der Waals surface area contributed by atoms with Crippen LogP contribution >= 0.6 is 0 Å². The molecule has 0 unspecified atom stereocenters. The number of nitrogens with one attached hydrogen (secondary N) is 1. The topological polar surface area (TPSA) is 94.0 Å². The summed E-state index contributed by atoms with van der Waals surface area (Å²) in [6.07, 6.45) is 3.44. The van der Waals surface area contributed by atoms with Crippen molar-refractivity contribution in [2.24, 2.45) is 0 Å². The van der Waals surface area contributed by atoms with Crippen molar-refractivity contribution < 1.29 is 4.52 Å². The number of nitrogens with zero attached hydrogens (tertiary/aromatic N) is 5. The van der Waals surface area contributed by atoms with Crippen LogP contribution in [-0.4, -0.2) is 29.5 Å². The van der Waals surface area contributed by atoms with Gasteiger partial charge in [0.25, 0.3) is 5.56 Å². The predicted octanol–water partition coefficient (Wildman–Crippen LogP) is 3.02. The summed E-state index contributed by atoms with van der Waals surface area (Å²) in [5.74, 6) is 0.565. The van der Waals surface area contributed by atoms with Gasteiger partial charge in [-0.3, -0.25) is 9.48 Å². The van der Waals surface area contributed by atoms with Crippen LogP contribution in [0.3, 0.4) is 0 Å². The fraction of sp³-hybridized carbons (Fsp3) is 0.158. The number of hydrogen-bond donors (Lipinski definition) is 1. The highest BCUT2D eigenvalue weighted by atomic mass is 16.5. The standard InChI is InChI=1S/C19H16N6O2/c1-3-24-16-5-4-12(7-13(16)9-20-24)15-8-18(26)25-19(22-15)14(10-21-25)17-6-11(2)23-27-17/h4-10,22H,3H2,1-2H3. The molecule has 0 aliphatic heterocycles. The minimum atomic E-state index is -0.217. The van der Waals surface area contributed by atoms with Crippen molar-refractivity contribution in [2.45, 2.75) is 20.4 Å². The molecular weight excluding hydrogens is 344 g/mol. The van der Waals surface area contributed by atoms with Gasteiger partial charge in [-0.1, -0.05) is 11.2 Å². The fourth-order valence-electron chi connectivity index (χ4n) is 3.32. The lowest BCUT2D eigenvalue weighted by Crippen LogP contribution is -2.14. The van der Waals surface area contributed by atoms with Gasteiger partial charge >= 0.3 is 0 Å². The van der Waals surface area contributed by atoms with E-state index in [0.717, 1.165) is 28.7 Å². The highest BCUT2D eigenvalue weighted by molar-refractivity contribution is 5.84. The van der Waals surface area contributed by atoms with Gasteiger partial charge in [-0.15, -0.1) is 0 Å². The Morgan fingerprint density at radius 3 is 2.81 bits per heavy atom. The summed E-state index contributed by atoms with van der Waals surface area (Å²) in [6.45, 7) is 4.71. The fourth-order valence-corrected chi connectivity index (χ4v) is 3.32. The molecular formula is C19H16N6O2. The van der Waals surface area contributed by atoms with Crippen molar-refractivity contribution in [1.29, 1.82) is 0 Å². The second-order valence-corrected chi connectivity index (χ2v) is 6.41. The Morgan fingerprint density at radius 1 is 1.15 bits per heavy atom. The Bertz CT molecular complexity index is 1350. The molecule has 0 radical (unpaired) electrons. The highest BCUT2D eigenvalue weighted by Gasteiger charge is 2.15. The lowest BCUT2D eigenvalue weighted by molar-refractivity contribution is 0.427. The first-order valence-electron chi connectivity index (χ1n) is 8.65. The van der Waals surface area contributed by atoms with Crippen LogP contribution in [0.5, 0.6) is 0 Å². The zero-order valence-corrected chi connectivity index (χ0v) is 14.8. The van der Waals surface area contributed by atoms with Crippen LogP contribution in [0.1, 0.15) is 12.6 Å². The van der Waals surface area contributed by atoms with Crippen LogP contribution in [0.15, 0.2) is 52.0 Å². The van der Waals surface area contributed by atoms with Crippen LogP contribution in [-0.2, 0) is 6.54 Å². The van der Waals surface area contributed by atoms with Crippen molar-refractivity contribution in [3.05, 3.63) is 58.8 Å². The van der Waals surface area contributed by atoms with Crippen LogP contribution in [0.2, 0.25) is 0 Å². The largest absolute Gasteiger partial charge is 0.356 e. The minimum absolute atomic E-state index is 0.217. The van der Waals surface area contributed by atoms with E-state index < -0.39 is 0 Å². The molecule has 0 spiro atoms. The first kappa shape index (κ1) is 15.6. The van der Waals surface area contributed by atoms with E-state index in [9.17, 15) is 4.79 Å². The zero-order chi connectivity index (χ0) is 18.5. The molecule has 4 heterocycles. The lowest BCUT2D eigenvalue weighted by atomic mass is 10.1. The van der Waals surface area contributed by atoms with Gasteiger partial charge in [0, 0.05) is 24.1 Å². The number of rotatable bonds is 3.